The quantitative estimate of drug-likeness (QED) is 0.906. The van der Waals surface area contributed by atoms with E-state index in [1.807, 2.05) is 6.92 Å². The molecule has 1 amide bonds. The first-order valence-electron chi connectivity index (χ1n) is 7.42. The maximum Gasteiger partial charge on any atom is 0.267 e. The summed E-state index contributed by atoms with van der Waals surface area (Å²) in [6, 6.07) is 5.00. The molecule has 1 aliphatic rings. The summed E-state index contributed by atoms with van der Waals surface area (Å²) in [7, 11) is -3.71. The van der Waals surface area contributed by atoms with Gasteiger partial charge in [-0.15, -0.1) is 0 Å². The van der Waals surface area contributed by atoms with Crippen LogP contribution in [0, 0.1) is 0 Å². The van der Waals surface area contributed by atoms with Crippen LogP contribution in [-0.2, 0) is 23.0 Å². The summed E-state index contributed by atoms with van der Waals surface area (Å²) in [4.78, 5) is 11.7. The molecule has 0 atom stereocenters. The van der Waals surface area contributed by atoms with Gasteiger partial charge in [0.15, 0.2) is 0 Å². The maximum atomic E-state index is 12.9. The first kappa shape index (κ1) is 15.5. The molecule has 7 nitrogen and oxygen atoms in total. The highest BCUT2D eigenvalue weighted by atomic mass is 32.2. The molecule has 2 aromatic rings. The highest BCUT2D eigenvalue weighted by Gasteiger charge is 2.31. The van der Waals surface area contributed by atoms with E-state index in [1.54, 1.807) is 22.9 Å². The summed E-state index contributed by atoms with van der Waals surface area (Å²) >= 11 is 0. The average molecular weight is 334 g/mol. The highest BCUT2D eigenvalue weighted by molar-refractivity contribution is 7.92. The summed E-state index contributed by atoms with van der Waals surface area (Å²) in [6.45, 7) is 2.85. The number of nitrogens with zero attached hydrogens (tertiary/aromatic N) is 3. The number of hydrogen-bond acceptors (Lipinski definition) is 4. The van der Waals surface area contributed by atoms with Crippen molar-refractivity contribution in [1.29, 1.82) is 0 Å². The second-order valence-electron chi connectivity index (χ2n) is 5.38. The number of amides is 1. The predicted molar refractivity (Wildman–Crippen MR) is 85.7 cm³/mol. The van der Waals surface area contributed by atoms with E-state index in [-0.39, 0.29) is 4.90 Å². The third-order valence-corrected chi connectivity index (χ3v) is 5.76. The van der Waals surface area contributed by atoms with E-state index in [9.17, 15) is 13.2 Å². The normalized spacial score (nSPS) is 14.6. The van der Waals surface area contributed by atoms with Crippen LogP contribution in [0.2, 0.25) is 0 Å². The fourth-order valence-electron chi connectivity index (χ4n) is 2.85. The van der Waals surface area contributed by atoms with Crippen molar-refractivity contribution in [2.45, 2.75) is 31.2 Å². The maximum absolute atomic E-state index is 12.9. The minimum absolute atomic E-state index is 0.150. The molecule has 122 valence electrons. The molecule has 0 saturated carbocycles. The van der Waals surface area contributed by atoms with Crippen LogP contribution in [0.1, 0.15) is 29.3 Å². The number of carbonyl (C=O) groups excluding carboxylic acids is 1. The molecule has 2 N–H and O–H groups in total. The van der Waals surface area contributed by atoms with E-state index in [2.05, 4.69) is 5.10 Å². The SMILES string of the molecule is CCn1cc(S(=O)(=O)N2CCCc3c(C(N)=O)cccc32)cn1. The number of primary amides is 1. The monoisotopic (exact) mass is 334 g/mol. The summed E-state index contributed by atoms with van der Waals surface area (Å²) < 4.78 is 28.7. The number of fused-ring (bicyclic) bond motifs is 1. The van der Waals surface area contributed by atoms with Crippen LogP contribution >= 0.6 is 0 Å². The number of aromatic nitrogens is 2. The fraction of sp³-hybridized carbons (Fsp3) is 0.333. The van der Waals surface area contributed by atoms with Crippen molar-refractivity contribution in [3.63, 3.8) is 0 Å². The van der Waals surface area contributed by atoms with Crippen LogP contribution < -0.4 is 10.0 Å². The van der Waals surface area contributed by atoms with Gasteiger partial charge < -0.3 is 5.73 Å². The van der Waals surface area contributed by atoms with E-state index in [1.165, 1.54) is 16.7 Å². The number of nitrogens with two attached hydrogens (primary N) is 1. The Morgan fingerprint density at radius 2 is 2.17 bits per heavy atom. The van der Waals surface area contributed by atoms with Gasteiger partial charge in [-0.05, 0) is 37.5 Å². The molecule has 0 bridgehead atoms. The van der Waals surface area contributed by atoms with Crippen LogP contribution in [0.3, 0.4) is 0 Å². The third kappa shape index (κ3) is 2.59. The van der Waals surface area contributed by atoms with Gasteiger partial charge in [0, 0.05) is 24.8 Å². The standard InChI is InChI=1S/C15H18N4O3S/c1-2-18-10-11(9-17-18)23(21,22)19-8-4-6-12-13(15(16)20)5-3-7-14(12)19/h3,5,7,9-10H,2,4,6,8H2,1H3,(H2,16,20). The Balaban J connectivity index is 2.09. The number of rotatable bonds is 4. The Hall–Kier alpha value is -2.35. The minimum atomic E-state index is -3.71. The minimum Gasteiger partial charge on any atom is -0.366 e. The molecule has 1 aromatic heterocycles. The number of aryl methyl sites for hydroxylation is 1. The van der Waals surface area contributed by atoms with Gasteiger partial charge in [-0.2, -0.15) is 5.10 Å². The third-order valence-electron chi connectivity index (χ3n) is 3.99. The van der Waals surface area contributed by atoms with Crippen LogP contribution in [0.4, 0.5) is 5.69 Å². The van der Waals surface area contributed by atoms with Crippen molar-refractivity contribution in [1.82, 2.24) is 9.78 Å². The van der Waals surface area contributed by atoms with E-state index in [0.29, 0.717) is 42.7 Å². The summed E-state index contributed by atoms with van der Waals surface area (Å²) in [5.41, 5.74) is 7.00. The zero-order chi connectivity index (χ0) is 16.6. The van der Waals surface area contributed by atoms with Crippen LogP contribution in [0.25, 0.3) is 0 Å². The average Bonchev–Trinajstić information content (AvgIpc) is 3.03. The van der Waals surface area contributed by atoms with Crippen LogP contribution in [0.5, 0.6) is 0 Å². The molecule has 0 aliphatic carbocycles. The van der Waals surface area contributed by atoms with Crippen LogP contribution in [0.15, 0.2) is 35.5 Å². The summed E-state index contributed by atoms with van der Waals surface area (Å²) in [5.74, 6) is -0.542. The largest absolute Gasteiger partial charge is 0.366 e. The van der Waals surface area contributed by atoms with Gasteiger partial charge in [-0.25, -0.2) is 8.42 Å². The fourth-order valence-corrected chi connectivity index (χ4v) is 4.34. The van der Waals surface area contributed by atoms with Crippen molar-refractivity contribution in [3.05, 3.63) is 41.7 Å². The molecular weight excluding hydrogens is 316 g/mol. The number of carbonyl (C=O) groups is 1. The van der Waals surface area contributed by atoms with Crippen molar-refractivity contribution >= 4 is 21.6 Å². The van der Waals surface area contributed by atoms with Crippen molar-refractivity contribution in [2.24, 2.45) is 5.73 Å². The highest BCUT2D eigenvalue weighted by Crippen LogP contribution is 2.33. The molecule has 3 rings (SSSR count). The molecule has 1 aliphatic heterocycles. The lowest BCUT2D eigenvalue weighted by Crippen LogP contribution is -2.36. The van der Waals surface area contributed by atoms with Gasteiger partial charge in [0.2, 0.25) is 5.91 Å². The van der Waals surface area contributed by atoms with E-state index in [0.717, 1.165) is 0 Å². The van der Waals surface area contributed by atoms with Gasteiger partial charge in [0.1, 0.15) is 4.90 Å². The lowest BCUT2D eigenvalue weighted by molar-refractivity contribution is 0.0999. The van der Waals surface area contributed by atoms with Crippen LogP contribution in [-0.4, -0.2) is 30.7 Å². The Labute approximate surface area is 134 Å². The topological polar surface area (TPSA) is 98.3 Å². The van der Waals surface area contributed by atoms with Gasteiger partial charge in [-0.3, -0.25) is 13.8 Å². The summed E-state index contributed by atoms with van der Waals surface area (Å²) in [5, 5.41) is 4.03. The molecule has 1 aromatic carbocycles. The molecule has 0 saturated heterocycles. The van der Waals surface area contributed by atoms with Crippen molar-refractivity contribution in [3.8, 4) is 0 Å². The Morgan fingerprint density at radius 1 is 1.39 bits per heavy atom. The first-order valence-corrected chi connectivity index (χ1v) is 8.86. The molecule has 0 radical (unpaired) electrons. The first-order chi connectivity index (χ1) is 10.9. The lowest BCUT2D eigenvalue weighted by atomic mass is 9.97. The zero-order valence-electron chi connectivity index (χ0n) is 12.8. The molecule has 0 unspecified atom stereocenters. The van der Waals surface area contributed by atoms with Crippen molar-refractivity contribution < 1.29 is 13.2 Å². The van der Waals surface area contributed by atoms with Gasteiger partial charge in [0.05, 0.1) is 11.9 Å². The van der Waals surface area contributed by atoms with E-state index < -0.39 is 15.9 Å². The second kappa shape index (κ2) is 5.69. The number of anilines is 1. The zero-order valence-corrected chi connectivity index (χ0v) is 13.6. The van der Waals surface area contributed by atoms with Gasteiger partial charge in [-0.1, -0.05) is 6.07 Å². The Kier molecular flexibility index (Phi) is 3.85. The molecule has 0 fully saturated rings. The van der Waals surface area contributed by atoms with Gasteiger partial charge >= 0.3 is 0 Å². The molecule has 23 heavy (non-hydrogen) atoms. The smallest absolute Gasteiger partial charge is 0.267 e. The van der Waals surface area contributed by atoms with E-state index in [4.69, 9.17) is 5.73 Å². The lowest BCUT2D eigenvalue weighted by Gasteiger charge is -2.30. The van der Waals surface area contributed by atoms with Crippen molar-refractivity contribution in [2.75, 3.05) is 10.8 Å². The van der Waals surface area contributed by atoms with Gasteiger partial charge in [0.25, 0.3) is 10.0 Å². The molecule has 2 heterocycles. The predicted octanol–water partition coefficient (Wildman–Crippen LogP) is 1.14. The second-order valence-corrected chi connectivity index (χ2v) is 7.24. The summed E-state index contributed by atoms with van der Waals surface area (Å²) in [6.07, 6.45) is 4.14. The molecular formula is C15H18N4O3S. The molecule has 8 heteroatoms. The Bertz CT molecular complexity index is 857. The number of hydrogen-bond donors (Lipinski definition) is 1. The number of benzene rings is 1. The number of sulfonamides is 1. The Morgan fingerprint density at radius 3 is 2.83 bits per heavy atom. The molecule has 0 spiro atoms. The van der Waals surface area contributed by atoms with E-state index >= 15 is 0 Å².